The highest BCUT2D eigenvalue weighted by molar-refractivity contribution is 5.52. The minimum atomic E-state index is -0.502. The van der Waals surface area contributed by atoms with Gasteiger partial charge < -0.3 is 5.11 Å². The maximum absolute atomic E-state index is 9.43. The highest BCUT2D eigenvalue weighted by Gasteiger charge is 2.15. The van der Waals surface area contributed by atoms with Gasteiger partial charge in [-0.1, -0.05) is 30.3 Å². The third-order valence-electron chi connectivity index (χ3n) is 2.52. The molecule has 2 aromatic rings. The second-order valence-electron chi connectivity index (χ2n) is 3.78. The lowest BCUT2D eigenvalue weighted by atomic mass is 10.2. The van der Waals surface area contributed by atoms with Crippen molar-refractivity contribution in [3.05, 3.63) is 30.3 Å². The maximum atomic E-state index is 9.43. The zero-order valence-electron chi connectivity index (χ0n) is 9.28. The first-order valence-corrected chi connectivity index (χ1v) is 5.21. The minimum Gasteiger partial charge on any atom is -0.391 e. The van der Waals surface area contributed by atoms with Crippen LogP contribution in [0.2, 0.25) is 0 Å². The van der Waals surface area contributed by atoms with Crippen LogP contribution in [0.5, 0.6) is 0 Å². The van der Waals surface area contributed by atoms with Gasteiger partial charge in [0.15, 0.2) is 0 Å². The Balaban J connectivity index is 2.27. The number of rotatable bonds is 3. The van der Waals surface area contributed by atoms with Crippen LogP contribution in [0.3, 0.4) is 0 Å². The van der Waals surface area contributed by atoms with E-state index < -0.39 is 6.10 Å². The van der Waals surface area contributed by atoms with Crippen LogP contribution in [0.15, 0.2) is 30.3 Å². The van der Waals surface area contributed by atoms with E-state index in [4.69, 9.17) is 0 Å². The molecule has 0 saturated carbocycles. The Hall–Kier alpha value is -1.75. The highest BCUT2D eigenvalue weighted by Crippen LogP contribution is 2.14. The SMILES string of the molecule is CC(O)C(C)n1nnc(-c2ccccc2)n1. The maximum Gasteiger partial charge on any atom is 0.204 e. The number of tetrazole rings is 1. The summed E-state index contributed by atoms with van der Waals surface area (Å²) < 4.78 is 0. The number of aliphatic hydroxyl groups excluding tert-OH is 1. The van der Waals surface area contributed by atoms with Crippen LogP contribution in [0, 0.1) is 0 Å². The van der Waals surface area contributed by atoms with Gasteiger partial charge >= 0.3 is 0 Å². The summed E-state index contributed by atoms with van der Waals surface area (Å²) in [4.78, 5) is 1.44. The van der Waals surface area contributed by atoms with Gasteiger partial charge in [0, 0.05) is 5.56 Å². The van der Waals surface area contributed by atoms with Crippen molar-refractivity contribution in [2.24, 2.45) is 0 Å². The van der Waals surface area contributed by atoms with Gasteiger partial charge in [-0.25, -0.2) is 0 Å². The van der Waals surface area contributed by atoms with Crippen LogP contribution in [0.25, 0.3) is 11.4 Å². The monoisotopic (exact) mass is 218 g/mol. The first kappa shape index (κ1) is 10.8. The van der Waals surface area contributed by atoms with E-state index in [9.17, 15) is 5.11 Å². The molecule has 2 unspecified atom stereocenters. The van der Waals surface area contributed by atoms with E-state index in [1.807, 2.05) is 37.3 Å². The van der Waals surface area contributed by atoms with Gasteiger partial charge in [-0.2, -0.15) is 4.80 Å². The van der Waals surface area contributed by atoms with Gasteiger partial charge in [0.2, 0.25) is 5.82 Å². The fourth-order valence-corrected chi connectivity index (χ4v) is 1.29. The van der Waals surface area contributed by atoms with Crippen LogP contribution < -0.4 is 0 Å². The Labute approximate surface area is 93.7 Å². The normalized spacial score (nSPS) is 14.7. The fourth-order valence-electron chi connectivity index (χ4n) is 1.29. The minimum absolute atomic E-state index is 0.176. The molecule has 84 valence electrons. The molecule has 1 heterocycles. The first-order chi connectivity index (χ1) is 7.68. The van der Waals surface area contributed by atoms with Crippen LogP contribution in [-0.2, 0) is 0 Å². The molecule has 2 rings (SSSR count). The molecule has 0 radical (unpaired) electrons. The number of hydrogen-bond donors (Lipinski definition) is 1. The second-order valence-corrected chi connectivity index (χ2v) is 3.78. The molecule has 1 aromatic heterocycles. The molecule has 2 atom stereocenters. The van der Waals surface area contributed by atoms with Gasteiger partial charge in [0.1, 0.15) is 0 Å². The van der Waals surface area contributed by atoms with Crippen molar-refractivity contribution in [3.63, 3.8) is 0 Å². The predicted octanol–water partition coefficient (Wildman–Crippen LogP) is 1.28. The van der Waals surface area contributed by atoms with E-state index in [2.05, 4.69) is 15.4 Å². The van der Waals surface area contributed by atoms with Crippen molar-refractivity contribution in [3.8, 4) is 11.4 Å². The average Bonchev–Trinajstić information content (AvgIpc) is 2.78. The first-order valence-electron chi connectivity index (χ1n) is 5.21. The Kier molecular flexibility index (Phi) is 2.96. The molecule has 0 aliphatic carbocycles. The molecule has 16 heavy (non-hydrogen) atoms. The average molecular weight is 218 g/mol. The summed E-state index contributed by atoms with van der Waals surface area (Å²) in [7, 11) is 0. The summed E-state index contributed by atoms with van der Waals surface area (Å²) in [6.07, 6.45) is -0.502. The molecule has 5 heteroatoms. The third kappa shape index (κ3) is 2.09. The summed E-state index contributed by atoms with van der Waals surface area (Å²) >= 11 is 0. The van der Waals surface area contributed by atoms with Gasteiger partial charge in [-0.15, -0.1) is 10.2 Å². The number of benzene rings is 1. The van der Waals surface area contributed by atoms with Gasteiger partial charge in [-0.3, -0.25) is 0 Å². The van der Waals surface area contributed by atoms with E-state index in [1.165, 1.54) is 4.80 Å². The molecular weight excluding hydrogens is 204 g/mol. The highest BCUT2D eigenvalue weighted by atomic mass is 16.3. The van der Waals surface area contributed by atoms with Gasteiger partial charge in [0.05, 0.1) is 12.1 Å². The van der Waals surface area contributed by atoms with Crippen molar-refractivity contribution in [1.29, 1.82) is 0 Å². The topological polar surface area (TPSA) is 63.8 Å². The quantitative estimate of drug-likeness (QED) is 0.843. The van der Waals surface area contributed by atoms with Crippen molar-refractivity contribution < 1.29 is 5.11 Å². The van der Waals surface area contributed by atoms with Gasteiger partial charge in [0.25, 0.3) is 0 Å². The molecule has 1 aromatic carbocycles. The van der Waals surface area contributed by atoms with Crippen LogP contribution in [0.4, 0.5) is 0 Å². The molecule has 0 aliphatic heterocycles. The fraction of sp³-hybridized carbons (Fsp3) is 0.364. The number of hydrogen-bond acceptors (Lipinski definition) is 4. The summed E-state index contributed by atoms with van der Waals surface area (Å²) in [5, 5.41) is 21.6. The zero-order valence-corrected chi connectivity index (χ0v) is 9.28. The Bertz CT molecular complexity index is 452. The van der Waals surface area contributed by atoms with Crippen molar-refractivity contribution in [2.45, 2.75) is 26.0 Å². The molecule has 0 spiro atoms. The lowest BCUT2D eigenvalue weighted by Gasteiger charge is -2.11. The predicted molar refractivity (Wildman–Crippen MR) is 59.6 cm³/mol. The smallest absolute Gasteiger partial charge is 0.204 e. The lowest BCUT2D eigenvalue weighted by molar-refractivity contribution is 0.123. The van der Waals surface area contributed by atoms with Crippen LogP contribution in [0.1, 0.15) is 19.9 Å². The van der Waals surface area contributed by atoms with Crippen molar-refractivity contribution >= 4 is 0 Å². The van der Waals surface area contributed by atoms with Crippen LogP contribution in [-0.4, -0.2) is 31.4 Å². The largest absolute Gasteiger partial charge is 0.391 e. The third-order valence-corrected chi connectivity index (χ3v) is 2.52. The molecule has 5 nitrogen and oxygen atoms in total. The van der Waals surface area contributed by atoms with Crippen LogP contribution >= 0.6 is 0 Å². The lowest BCUT2D eigenvalue weighted by Crippen LogP contribution is -2.20. The summed E-state index contributed by atoms with van der Waals surface area (Å²) in [5.74, 6) is 0.577. The second kappa shape index (κ2) is 4.40. The molecule has 0 saturated heterocycles. The Morgan fingerprint density at radius 3 is 2.50 bits per heavy atom. The standard InChI is InChI=1S/C11H14N4O/c1-8(9(2)16)15-13-11(12-14-15)10-6-4-3-5-7-10/h3-9,16H,1-2H3. The summed E-state index contributed by atoms with van der Waals surface area (Å²) in [6.45, 7) is 3.55. The Morgan fingerprint density at radius 1 is 1.19 bits per heavy atom. The molecule has 0 aliphatic rings. The molecule has 1 N–H and O–H groups in total. The number of aliphatic hydroxyl groups is 1. The van der Waals surface area contributed by atoms with E-state index in [0.29, 0.717) is 5.82 Å². The molecule has 0 amide bonds. The van der Waals surface area contributed by atoms with E-state index in [1.54, 1.807) is 6.92 Å². The summed E-state index contributed by atoms with van der Waals surface area (Å²) in [6, 6.07) is 9.46. The molecular formula is C11H14N4O. The number of nitrogens with zero attached hydrogens (tertiary/aromatic N) is 4. The molecule has 0 fully saturated rings. The summed E-state index contributed by atoms with van der Waals surface area (Å²) in [5.41, 5.74) is 0.923. The van der Waals surface area contributed by atoms with E-state index in [0.717, 1.165) is 5.56 Å². The van der Waals surface area contributed by atoms with Crippen molar-refractivity contribution in [2.75, 3.05) is 0 Å². The van der Waals surface area contributed by atoms with Crippen molar-refractivity contribution in [1.82, 2.24) is 20.2 Å². The van der Waals surface area contributed by atoms with E-state index >= 15 is 0 Å². The zero-order chi connectivity index (χ0) is 11.5. The number of aromatic nitrogens is 4. The molecule has 0 bridgehead atoms. The van der Waals surface area contributed by atoms with E-state index in [-0.39, 0.29) is 6.04 Å². The Morgan fingerprint density at radius 2 is 1.88 bits per heavy atom. The van der Waals surface area contributed by atoms with Gasteiger partial charge in [-0.05, 0) is 19.1 Å².